The number of aliphatic hydroxyl groups excluding tert-OH is 1. The molecule has 0 saturated heterocycles. The predicted molar refractivity (Wildman–Crippen MR) is 49.7 cm³/mol. The number of carboxylic acids is 1. The van der Waals surface area contributed by atoms with Crippen molar-refractivity contribution in [2.45, 2.75) is 13.0 Å². The number of aliphatic hydroxyl groups is 1. The molecule has 0 saturated carbocycles. The average Bonchev–Trinajstić information content (AvgIpc) is 2.00. The Balaban J connectivity index is 3.35. The fourth-order valence-corrected chi connectivity index (χ4v) is 1.11. The molecule has 0 heterocycles. The Morgan fingerprint density at radius 2 is 2.08 bits per heavy atom. The Kier molecular flexibility index (Phi) is 6.34. The average molecular weight is 207 g/mol. The normalized spacial score (nSPS) is 12.2. The lowest BCUT2D eigenvalue weighted by molar-refractivity contribution is -0.133. The van der Waals surface area contributed by atoms with Gasteiger partial charge in [0.1, 0.15) is 0 Å². The van der Waals surface area contributed by atoms with Gasteiger partial charge in [0.25, 0.3) is 0 Å². The molecule has 0 aromatic heterocycles. The summed E-state index contributed by atoms with van der Waals surface area (Å²) < 4.78 is 0. The van der Waals surface area contributed by atoms with Crippen LogP contribution in [0.15, 0.2) is 0 Å². The fraction of sp³-hybridized carbons (Fsp3) is 0.714. The molecule has 1 atom stereocenters. The summed E-state index contributed by atoms with van der Waals surface area (Å²) in [4.78, 5) is 20.9. The first-order valence-corrected chi connectivity index (χ1v) is 4.92. The standard InChI is InChI=1S/C7H13NO4S/c1-5(9)2-8-6(10)3-13-4-7(11)12/h5,9H,2-4H2,1H3,(H,8,10)(H,11,12)/t5-/m0/s1. The maximum absolute atomic E-state index is 10.9. The van der Waals surface area contributed by atoms with Gasteiger partial charge in [0.15, 0.2) is 0 Å². The summed E-state index contributed by atoms with van der Waals surface area (Å²) in [6.07, 6.45) is -0.576. The van der Waals surface area contributed by atoms with Crippen molar-refractivity contribution in [1.29, 1.82) is 0 Å². The van der Waals surface area contributed by atoms with E-state index in [1.54, 1.807) is 6.92 Å². The van der Waals surface area contributed by atoms with E-state index in [2.05, 4.69) is 5.32 Å². The first-order valence-electron chi connectivity index (χ1n) is 3.76. The fourth-order valence-electron chi connectivity index (χ4n) is 0.544. The van der Waals surface area contributed by atoms with Crippen molar-refractivity contribution < 1.29 is 19.8 Å². The zero-order valence-electron chi connectivity index (χ0n) is 7.32. The van der Waals surface area contributed by atoms with E-state index in [0.717, 1.165) is 11.8 Å². The van der Waals surface area contributed by atoms with E-state index in [1.807, 2.05) is 0 Å². The molecule has 0 aliphatic carbocycles. The molecule has 0 aromatic rings. The first-order chi connectivity index (χ1) is 6.02. The summed E-state index contributed by atoms with van der Waals surface area (Å²) >= 11 is 1.03. The van der Waals surface area contributed by atoms with Crippen LogP contribution in [0.1, 0.15) is 6.92 Å². The van der Waals surface area contributed by atoms with Gasteiger partial charge in [-0.2, -0.15) is 0 Å². The number of amides is 1. The molecule has 0 fully saturated rings. The van der Waals surface area contributed by atoms with Gasteiger partial charge in [-0.3, -0.25) is 9.59 Å². The molecule has 5 nitrogen and oxygen atoms in total. The highest BCUT2D eigenvalue weighted by Crippen LogP contribution is 1.97. The van der Waals surface area contributed by atoms with Gasteiger partial charge in [0.05, 0.1) is 17.6 Å². The monoisotopic (exact) mass is 207 g/mol. The van der Waals surface area contributed by atoms with Crippen LogP contribution in [-0.2, 0) is 9.59 Å². The van der Waals surface area contributed by atoms with Gasteiger partial charge in [-0.05, 0) is 6.92 Å². The van der Waals surface area contributed by atoms with E-state index < -0.39 is 12.1 Å². The van der Waals surface area contributed by atoms with Gasteiger partial charge < -0.3 is 15.5 Å². The highest BCUT2D eigenvalue weighted by molar-refractivity contribution is 8.00. The molecular weight excluding hydrogens is 194 g/mol. The summed E-state index contributed by atoms with van der Waals surface area (Å²) in [5.74, 6) is -1.17. The van der Waals surface area contributed by atoms with Crippen LogP contribution in [0.2, 0.25) is 0 Å². The Bertz CT molecular complexity index is 183. The van der Waals surface area contributed by atoms with Crippen LogP contribution in [0.5, 0.6) is 0 Å². The third-order valence-electron chi connectivity index (χ3n) is 1.05. The minimum atomic E-state index is -0.937. The highest BCUT2D eigenvalue weighted by Gasteiger charge is 2.04. The lowest BCUT2D eigenvalue weighted by atomic mass is 10.4. The van der Waals surface area contributed by atoms with Crippen molar-refractivity contribution in [3.63, 3.8) is 0 Å². The van der Waals surface area contributed by atoms with Gasteiger partial charge in [0, 0.05) is 6.54 Å². The van der Waals surface area contributed by atoms with Crippen LogP contribution in [0, 0.1) is 0 Å². The summed E-state index contributed by atoms with van der Waals surface area (Å²) in [5.41, 5.74) is 0. The second kappa shape index (κ2) is 6.73. The van der Waals surface area contributed by atoms with Crippen LogP contribution in [0.4, 0.5) is 0 Å². The van der Waals surface area contributed by atoms with Crippen molar-refractivity contribution in [3.8, 4) is 0 Å². The van der Waals surface area contributed by atoms with E-state index in [1.165, 1.54) is 0 Å². The number of nitrogens with one attached hydrogen (secondary N) is 1. The largest absolute Gasteiger partial charge is 0.481 e. The first kappa shape index (κ1) is 12.2. The number of rotatable bonds is 6. The molecule has 1 amide bonds. The number of aliphatic carboxylic acids is 1. The topological polar surface area (TPSA) is 86.6 Å². The molecule has 0 rings (SSSR count). The van der Waals surface area contributed by atoms with Crippen molar-refractivity contribution in [1.82, 2.24) is 5.32 Å². The van der Waals surface area contributed by atoms with Crippen LogP contribution in [0.3, 0.4) is 0 Å². The number of carbonyl (C=O) groups excluding carboxylic acids is 1. The zero-order valence-corrected chi connectivity index (χ0v) is 8.13. The van der Waals surface area contributed by atoms with Gasteiger partial charge >= 0.3 is 5.97 Å². The minimum absolute atomic E-state index is 0.0813. The lowest BCUT2D eigenvalue weighted by Crippen LogP contribution is -2.32. The Labute approximate surface area is 80.5 Å². The van der Waals surface area contributed by atoms with Crippen LogP contribution in [-0.4, -0.2) is 46.2 Å². The molecule has 13 heavy (non-hydrogen) atoms. The molecule has 0 aliphatic rings. The van der Waals surface area contributed by atoms with Gasteiger partial charge in [-0.15, -0.1) is 11.8 Å². The number of carboxylic acid groups (broad SMARTS) is 1. The molecule has 0 bridgehead atoms. The molecule has 0 aromatic carbocycles. The van der Waals surface area contributed by atoms with Crippen LogP contribution >= 0.6 is 11.8 Å². The number of carbonyl (C=O) groups is 2. The van der Waals surface area contributed by atoms with Crippen molar-refractivity contribution >= 4 is 23.6 Å². The van der Waals surface area contributed by atoms with Gasteiger partial charge in [-0.1, -0.05) is 0 Å². The molecule has 0 spiro atoms. The minimum Gasteiger partial charge on any atom is -0.481 e. The third-order valence-corrected chi connectivity index (χ3v) is 1.97. The molecule has 3 N–H and O–H groups in total. The van der Waals surface area contributed by atoms with E-state index >= 15 is 0 Å². The lowest BCUT2D eigenvalue weighted by Gasteiger charge is -2.05. The summed E-state index contributed by atoms with van der Waals surface area (Å²) in [5, 5.41) is 19.5. The Morgan fingerprint density at radius 1 is 1.46 bits per heavy atom. The SMILES string of the molecule is C[C@H](O)CNC(=O)CSCC(=O)O. The molecule has 0 unspecified atom stereocenters. The van der Waals surface area contributed by atoms with Crippen molar-refractivity contribution in [2.75, 3.05) is 18.1 Å². The highest BCUT2D eigenvalue weighted by atomic mass is 32.2. The van der Waals surface area contributed by atoms with Crippen LogP contribution in [0.25, 0.3) is 0 Å². The smallest absolute Gasteiger partial charge is 0.313 e. The summed E-state index contributed by atoms with van der Waals surface area (Å²) in [6, 6.07) is 0. The van der Waals surface area contributed by atoms with Gasteiger partial charge in [-0.25, -0.2) is 0 Å². The Hall–Kier alpha value is -0.750. The number of thioether (sulfide) groups is 1. The number of hydrogen-bond acceptors (Lipinski definition) is 4. The predicted octanol–water partition coefficient (Wildman–Crippen LogP) is -0.699. The van der Waals surface area contributed by atoms with Gasteiger partial charge in [0.2, 0.25) is 5.91 Å². The maximum Gasteiger partial charge on any atom is 0.313 e. The van der Waals surface area contributed by atoms with Crippen LogP contribution < -0.4 is 5.32 Å². The molecular formula is C7H13NO4S. The van der Waals surface area contributed by atoms with E-state index in [-0.39, 0.29) is 24.0 Å². The Morgan fingerprint density at radius 3 is 2.54 bits per heavy atom. The summed E-state index contributed by atoms with van der Waals surface area (Å²) in [6.45, 7) is 1.76. The zero-order chi connectivity index (χ0) is 10.3. The van der Waals surface area contributed by atoms with E-state index in [0.29, 0.717) is 0 Å². The molecule has 6 heteroatoms. The van der Waals surface area contributed by atoms with E-state index in [4.69, 9.17) is 10.2 Å². The molecule has 76 valence electrons. The third kappa shape index (κ3) is 9.16. The quantitative estimate of drug-likeness (QED) is 0.536. The second-order valence-electron chi connectivity index (χ2n) is 2.54. The molecule has 0 aliphatic heterocycles. The maximum atomic E-state index is 10.9. The van der Waals surface area contributed by atoms with E-state index in [9.17, 15) is 9.59 Å². The second-order valence-corrected chi connectivity index (χ2v) is 3.53. The number of hydrogen-bond donors (Lipinski definition) is 3. The molecule has 0 radical (unpaired) electrons. The van der Waals surface area contributed by atoms with Crippen molar-refractivity contribution in [3.05, 3.63) is 0 Å². The summed E-state index contributed by atoms with van der Waals surface area (Å²) in [7, 11) is 0. The van der Waals surface area contributed by atoms with Crippen molar-refractivity contribution in [2.24, 2.45) is 0 Å².